The molecule has 92 valence electrons. The minimum Gasteiger partial charge on any atom is -0.0649 e. The minimum atomic E-state index is 0.570. The smallest absolute Gasteiger partial charge is 0.0357 e. The first-order chi connectivity index (χ1) is 6.83. The van der Waals surface area contributed by atoms with Gasteiger partial charge in [0, 0.05) is 0 Å². The molecule has 0 saturated heterocycles. The van der Waals surface area contributed by atoms with Crippen LogP contribution in [0.5, 0.6) is 0 Å². The highest BCUT2D eigenvalue weighted by molar-refractivity contribution is 4.68. The van der Waals surface area contributed by atoms with Crippen molar-refractivity contribution in [1.82, 2.24) is 0 Å². The molecule has 0 unspecified atom stereocenters. The summed E-state index contributed by atoms with van der Waals surface area (Å²) in [7, 11) is 0. The normalized spacial score (nSPS) is 13.2. The Kier molecular flexibility index (Phi) is 6.55. The molecule has 0 aliphatic heterocycles. The van der Waals surface area contributed by atoms with E-state index < -0.39 is 0 Å². The molecule has 0 saturated carbocycles. The SMILES string of the molecule is CCC(C)(C)CCCCCC(C)(C)CC. The monoisotopic (exact) mass is 212 g/mol. The van der Waals surface area contributed by atoms with Gasteiger partial charge in [-0.15, -0.1) is 0 Å². The zero-order chi connectivity index (χ0) is 11.9. The second-order valence-electron chi connectivity index (χ2n) is 6.60. The summed E-state index contributed by atoms with van der Waals surface area (Å²) < 4.78 is 0. The van der Waals surface area contributed by atoms with E-state index in [9.17, 15) is 0 Å². The van der Waals surface area contributed by atoms with Gasteiger partial charge in [-0.3, -0.25) is 0 Å². The molecule has 0 aromatic carbocycles. The summed E-state index contributed by atoms with van der Waals surface area (Å²) >= 11 is 0. The van der Waals surface area contributed by atoms with Gasteiger partial charge in [-0.1, -0.05) is 73.6 Å². The maximum Gasteiger partial charge on any atom is -0.0357 e. The van der Waals surface area contributed by atoms with Crippen LogP contribution in [0.25, 0.3) is 0 Å². The van der Waals surface area contributed by atoms with Crippen LogP contribution < -0.4 is 0 Å². The van der Waals surface area contributed by atoms with Gasteiger partial charge in [-0.2, -0.15) is 0 Å². The first-order valence-electron chi connectivity index (χ1n) is 6.83. The quantitative estimate of drug-likeness (QED) is 0.445. The van der Waals surface area contributed by atoms with Crippen LogP contribution in [-0.2, 0) is 0 Å². The Morgan fingerprint density at radius 2 is 0.933 bits per heavy atom. The summed E-state index contributed by atoms with van der Waals surface area (Å²) in [5.41, 5.74) is 1.14. The highest BCUT2D eigenvalue weighted by atomic mass is 14.2. The first-order valence-corrected chi connectivity index (χ1v) is 6.83. The lowest BCUT2D eigenvalue weighted by atomic mass is 9.82. The van der Waals surface area contributed by atoms with Crippen molar-refractivity contribution in [3.8, 4) is 0 Å². The van der Waals surface area contributed by atoms with Crippen LogP contribution in [0.3, 0.4) is 0 Å². The second kappa shape index (κ2) is 6.55. The molecule has 0 radical (unpaired) electrons. The van der Waals surface area contributed by atoms with Crippen LogP contribution in [0.1, 0.15) is 86.5 Å². The summed E-state index contributed by atoms with van der Waals surface area (Å²) in [5, 5.41) is 0. The van der Waals surface area contributed by atoms with Crippen LogP contribution in [0.15, 0.2) is 0 Å². The molecule has 15 heavy (non-hydrogen) atoms. The van der Waals surface area contributed by atoms with Crippen molar-refractivity contribution >= 4 is 0 Å². The third-order valence-corrected chi connectivity index (χ3v) is 4.12. The molecule has 0 fully saturated rings. The van der Waals surface area contributed by atoms with E-state index in [1.165, 1.54) is 44.9 Å². The van der Waals surface area contributed by atoms with Gasteiger partial charge >= 0.3 is 0 Å². The van der Waals surface area contributed by atoms with Gasteiger partial charge in [0.1, 0.15) is 0 Å². The fourth-order valence-corrected chi connectivity index (χ4v) is 1.74. The van der Waals surface area contributed by atoms with E-state index in [4.69, 9.17) is 0 Å². The second-order valence-corrected chi connectivity index (χ2v) is 6.60. The van der Waals surface area contributed by atoms with Crippen LogP contribution in [0, 0.1) is 10.8 Å². The highest BCUT2D eigenvalue weighted by Gasteiger charge is 2.16. The molecule has 0 aliphatic rings. The molecule has 0 aliphatic carbocycles. The molecular weight excluding hydrogens is 180 g/mol. The molecule has 0 aromatic heterocycles. The summed E-state index contributed by atoms with van der Waals surface area (Å²) in [6.45, 7) is 14.2. The maximum absolute atomic E-state index is 2.39. The summed E-state index contributed by atoms with van der Waals surface area (Å²) in [5.74, 6) is 0. The van der Waals surface area contributed by atoms with Gasteiger partial charge in [-0.25, -0.2) is 0 Å². The Hall–Kier alpha value is 0. The van der Waals surface area contributed by atoms with Gasteiger partial charge in [0.15, 0.2) is 0 Å². The highest BCUT2D eigenvalue weighted by Crippen LogP contribution is 2.30. The Morgan fingerprint density at radius 3 is 1.20 bits per heavy atom. The number of hydrogen-bond donors (Lipinski definition) is 0. The topological polar surface area (TPSA) is 0 Å². The van der Waals surface area contributed by atoms with Crippen molar-refractivity contribution in [2.45, 2.75) is 86.5 Å². The van der Waals surface area contributed by atoms with E-state index in [1.807, 2.05) is 0 Å². The van der Waals surface area contributed by atoms with E-state index >= 15 is 0 Å². The molecule has 0 aromatic rings. The molecule has 0 bridgehead atoms. The molecule has 0 heterocycles. The molecule has 0 N–H and O–H groups in total. The van der Waals surface area contributed by atoms with E-state index in [0.717, 1.165) is 0 Å². The molecule has 0 rings (SSSR count). The average Bonchev–Trinajstić information content (AvgIpc) is 2.17. The summed E-state index contributed by atoms with van der Waals surface area (Å²) in [4.78, 5) is 0. The van der Waals surface area contributed by atoms with Crippen LogP contribution in [-0.4, -0.2) is 0 Å². The molecule has 0 heteroatoms. The van der Waals surface area contributed by atoms with Gasteiger partial charge in [-0.05, 0) is 23.7 Å². The number of rotatable bonds is 8. The van der Waals surface area contributed by atoms with Crippen LogP contribution in [0.2, 0.25) is 0 Å². The standard InChI is InChI=1S/C15H32/c1-7-14(3,4)12-10-9-11-13-15(5,6)8-2/h7-13H2,1-6H3. The Bertz CT molecular complexity index is 135. The van der Waals surface area contributed by atoms with E-state index in [1.54, 1.807) is 0 Å². The third kappa shape index (κ3) is 7.88. The largest absolute Gasteiger partial charge is 0.0649 e. The van der Waals surface area contributed by atoms with Crippen molar-refractivity contribution in [3.05, 3.63) is 0 Å². The summed E-state index contributed by atoms with van der Waals surface area (Å²) in [6, 6.07) is 0. The van der Waals surface area contributed by atoms with Gasteiger partial charge in [0.25, 0.3) is 0 Å². The van der Waals surface area contributed by atoms with E-state index in [2.05, 4.69) is 41.5 Å². The zero-order valence-electron chi connectivity index (χ0n) is 11.9. The van der Waals surface area contributed by atoms with Gasteiger partial charge in [0.2, 0.25) is 0 Å². The third-order valence-electron chi connectivity index (χ3n) is 4.12. The van der Waals surface area contributed by atoms with Crippen LogP contribution >= 0.6 is 0 Å². The lowest BCUT2D eigenvalue weighted by molar-refractivity contribution is 0.284. The van der Waals surface area contributed by atoms with Crippen molar-refractivity contribution in [1.29, 1.82) is 0 Å². The lowest BCUT2D eigenvalue weighted by Crippen LogP contribution is -2.10. The maximum atomic E-state index is 2.39. The molecule has 0 amide bonds. The van der Waals surface area contributed by atoms with Crippen molar-refractivity contribution in [2.75, 3.05) is 0 Å². The van der Waals surface area contributed by atoms with Crippen molar-refractivity contribution in [2.24, 2.45) is 10.8 Å². The average molecular weight is 212 g/mol. The first kappa shape index (κ1) is 15.0. The van der Waals surface area contributed by atoms with Gasteiger partial charge < -0.3 is 0 Å². The fourth-order valence-electron chi connectivity index (χ4n) is 1.74. The molecular formula is C15H32. The molecule has 0 spiro atoms. The minimum absolute atomic E-state index is 0.570. The van der Waals surface area contributed by atoms with E-state index in [-0.39, 0.29) is 0 Å². The van der Waals surface area contributed by atoms with Crippen molar-refractivity contribution in [3.63, 3.8) is 0 Å². The number of hydrogen-bond acceptors (Lipinski definition) is 0. The molecule has 0 nitrogen and oxygen atoms in total. The van der Waals surface area contributed by atoms with Crippen LogP contribution in [0.4, 0.5) is 0 Å². The predicted octanol–water partition coefficient (Wildman–Crippen LogP) is 5.81. The van der Waals surface area contributed by atoms with Gasteiger partial charge in [0.05, 0.1) is 0 Å². The fraction of sp³-hybridized carbons (Fsp3) is 1.00. The lowest BCUT2D eigenvalue weighted by Gasteiger charge is -2.24. The molecule has 0 atom stereocenters. The summed E-state index contributed by atoms with van der Waals surface area (Å²) in [6.07, 6.45) is 9.68. The Balaban J connectivity index is 3.48. The zero-order valence-corrected chi connectivity index (χ0v) is 11.9. The van der Waals surface area contributed by atoms with Crippen molar-refractivity contribution < 1.29 is 0 Å². The predicted molar refractivity (Wildman–Crippen MR) is 71.2 cm³/mol. The Labute approximate surface area is 97.8 Å². The Morgan fingerprint density at radius 1 is 0.600 bits per heavy atom. The van der Waals surface area contributed by atoms with E-state index in [0.29, 0.717) is 10.8 Å². The number of unbranched alkanes of at least 4 members (excludes halogenated alkanes) is 2.